The SMILES string of the molecule is CCCCCCOc1ccc2c(c1)C(=O)C1C3C=CC(C)(C3)C1C2=O. The highest BCUT2D eigenvalue weighted by molar-refractivity contribution is 6.17. The molecule has 4 unspecified atom stereocenters. The zero-order chi connectivity index (χ0) is 17.6. The third kappa shape index (κ3) is 2.56. The van der Waals surface area contributed by atoms with E-state index in [1.165, 1.54) is 12.8 Å². The quantitative estimate of drug-likeness (QED) is 0.550. The Bertz CT molecular complexity index is 748. The Hall–Kier alpha value is -1.90. The lowest BCUT2D eigenvalue weighted by atomic mass is 9.65. The van der Waals surface area contributed by atoms with Gasteiger partial charge in [0.2, 0.25) is 0 Å². The van der Waals surface area contributed by atoms with E-state index in [1.54, 1.807) is 12.1 Å². The summed E-state index contributed by atoms with van der Waals surface area (Å²) in [6.07, 6.45) is 9.83. The molecule has 4 atom stereocenters. The summed E-state index contributed by atoms with van der Waals surface area (Å²) >= 11 is 0. The zero-order valence-electron chi connectivity index (χ0n) is 15.1. The first-order chi connectivity index (χ1) is 12.0. The van der Waals surface area contributed by atoms with Gasteiger partial charge < -0.3 is 4.74 Å². The van der Waals surface area contributed by atoms with Gasteiger partial charge in [0, 0.05) is 23.0 Å². The van der Waals surface area contributed by atoms with Crippen molar-refractivity contribution >= 4 is 11.6 Å². The number of hydrogen-bond acceptors (Lipinski definition) is 3. The second kappa shape index (κ2) is 6.12. The molecule has 132 valence electrons. The fourth-order valence-electron chi connectivity index (χ4n) is 5.03. The lowest BCUT2D eigenvalue weighted by Gasteiger charge is -2.36. The van der Waals surface area contributed by atoms with Gasteiger partial charge >= 0.3 is 0 Å². The van der Waals surface area contributed by atoms with Crippen LogP contribution in [0, 0.1) is 23.2 Å². The number of ether oxygens (including phenoxy) is 1. The Balaban J connectivity index is 1.56. The molecule has 25 heavy (non-hydrogen) atoms. The summed E-state index contributed by atoms with van der Waals surface area (Å²) in [5.41, 5.74) is 1.02. The number of fused-ring (bicyclic) bond motifs is 6. The summed E-state index contributed by atoms with van der Waals surface area (Å²) < 4.78 is 5.82. The average Bonchev–Trinajstić information content (AvgIpc) is 3.13. The van der Waals surface area contributed by atoms with Crippen LogP contribution in [0.25, 0.3) is 0 Å². The van der Waals surface area contributed by atoms with Gasteiger partial charge in [-0.2, -0.15) is 0 Å². The predicted molar refractivity (Wildman–Crippen MR) is 97.1 cm³/mol. The third-order valence-corrected chi connectivity index (χ3v) is 6.30. The molecule has 3 heteroatoms. The first-order valence-corrected chi connectivity index (χ1v) is 9.60. The molecule has 3 nitrogen and oxygen atoms in total. The van der Waals surface area contributed by atoms with E-state index in [9.17, 15) is 9.59 Å². The number of ketones is 2. The predicted octanol–water partition coefficient (Wildman–Crippen LogP) is 4.85. The minimum absolute atomic E-state index is 0.133. The number of allylic oxidation sites excluding steroid dienone is 2. The van der Waals surface area contributed by atoms with Crippen molar-refractivity contribution in [3.8, 4) is 5.75 Å². The molecule has 1 aromatic rings. The molecule has 1 fully saturated rings. The first-order valence-electron chi connectivity index (χ1n) is 9.60. The molecule has 0 radical (unpaired) electrons. The lowest BCUT2D eigenvalue weighted by Crippen LogP contribution is -2.42. The van der Waals surface area contributed by atoms with Crippen molar-refractivity contribution in [1.29, 1.82) is 0 Å². The Labute approximate surface area is 149 Å². The summed E-state index contributed by atoms with van der Waals surface area (Å²) in [6, 6.07) is 5.44. The first kappa shape index (κ1) is 16.6. The van der Waals surface area contributed by atoms with E-state index in [0.29, 0.717) is 23.5 Å². The average molecular weight is 338 g/mol. The molecule has 0 heterocycles. The standard InChI is InChI=1S/C22H26O3/c1-3-4-5-6-11-25-15-7-8-16-17(12-15)20(23)18-14-9-10-22(2,13-14)19(18)21(16)24/h7-10,12,14,18-19H,3-6,11,13H2,1-2H3. The molecule has 3 aliphatic rings. The fraction of sp³-hybridized carbons (Fsp3) is 0.545. The smallest absolute Gasteiger partial charge is 0.168 e. The normalized spacial score (nSPS) is 32.0. The maximum absolute atomic E-state index is 13.1. The second-order valence-corrected chi connectivity index (χ2v) is 8.08. The number of rotatable bonds is 6. The number of Topliss-reactive ketones (excluding diaryl/α,β-unsaturated/α-hetero) is 2. The number of carbonyl (C=O) groups is 2. The molecular formula is C22H26O3. The van der Waals surface area contributed by atoms with Gasteiger partial charge in [0.1, 0.15) is 5.75 Å². The van der Waals surface area contributed by atoms with Crippen LogP contribution >= 0.6 is 0 Å². The molecule has 2 bridgehead atoms. The number of carbonyl (C=O) groups excluding carboxylic acids is 2. The molecule has 1 saturated carbocycles. The zero-order valence-corrected chi connectivity index (χ0v) is 15.1. The van der Waals surface area contributed by atoms with E-state index >= 15 is 0 Å². The van der Waals surface area contributed by atoms with Crippen LogP contribution in [0.15, 0.2) is 30.4 Å². The molecule has 0 spiro atoms. The maximum Gasteiger partial charge on any atom is 0.168 e. The maximum atomic E-state index is 13.1. The Kier molecular flexibility index (Phi) is 4.05. The van der Waals surface area contributed by atoms with Crippen LogP contribution in [0.4, 0.5) is 0 Å². The van der Waals surface area contributed by atoms with E-state index in [1.807, 2.05) is 6.07 Å². The highest BCUT2D eigenvalue weighted by Gasteiger charge is 2.60. The highest BCUT2D eigenvalue weighted by Crippen LogP contribution is 2.59. The Morgan fingerprint density at radius 2 is 1.96 bits per heavy atom. The topological polar surface area (TPSA) is 43.4 Å². The van der Waals surface area contributed by atoms with E-state index in [4.69, 9.17) is 4.74 Å². The minimum atomic E-state index is -0.177. The van der Waals surface area contributed by atoms with Gasteiger partial charge in [-0.1, -0.05) is 45.3 Å². The van der Waals surface area contributed by atoms with Crippen LogP contribution in [0.2, 0.25) is 0 Å². The summed E-state index contributed by atoms with van der Waals surface area (Å²) in [4.78, 5) is 26.2. The number of unbranched alkanes of at least 4 members (excludes halogenated alkanes) is 3. The largest absolute Gasteiger partial charge is 0.494 e. The van der Waals surface area contributed by atoms with Crippen LogP contribution in [0.1, 0.15) is 66.7 Å². The molecule has 0 N–H and O–H groups in total. The van der Waals surface area contributed by atoms with Crippen molar-refractivity contribution in [2.75, 3.05) is 6.61 Å². The molecule has 0 amide bonds. The van der Waals surface area contributed by atoms with Gasteiger partial charge in [0.25, 0.3) is 0 Å². The molecule has 0 saturated heterocycles. The second-order valence-electron chi connectivity index (χ2n) is 8.08. The summed E-state index contributed by atoms with van der Waals surface area (Å²) in [5.74, 6) is 0.855. The molecule has 1 aromatic carbocycles. The van der Waals surface area contributed by atoms with E-state index < -0.39 is 0 Å². The van der Waals surface area contributed by atoms with Crippen LogP contribution in [-0.4, -0.2) is 18.2 Å². The van der Waals surface area contributed by atoms with Crippen LogP contribution in [0.5, 0.6) is 5.75 Å². The van der Waals surface area contributed by atoms with Crippen molar-refractivity contribution in [2.24, 2.45) is 23.2 Å². The molecule has 3 aliphatic carbocycles. The Morgan fingerprint density at radius 3 is 2.76 bits per heavy atom. The van der Waals surface area contributed by atoms with E-state index in [2.05, 4.69) is 26.0 Å². The van der Waals surface area contributed by atoms with Gasteiger partial charge in [-0.25, -0.2) is 0 Å². The van der Waals surface area contributed by atoms with Crippen molar-refractivity contribution in [1.82, 2.24) is 0 Å². The van der Waals surface area contributed by atoms with Gasteiger partial charge in [-0.15, -0.1) is 0 Å². The van der Waals surface area contributed by atoms with Gasteiger partial charge in [-0.05, 0) is 42.4 Å². The summed E-state index contributed by atoms with van der Waals surface area (Å²) in [5, 5.41) is 0. The van der Waals surface area contributed by atoms with Gasteiger partial charge in [0.05, 0.1) is 6.61 Å². The van der Waals surface area contributed by atoms with E-state index in [-0.39, 0.29) is 34.7 Å². The monoisotopic (exact) mass is 338 g/mol. The molecule has 0 aliphatic heterocycles. The number of benzene rings is 1. The van der Waals surface area contributed by atoms with Gasteiger partial charge in [0.15, 0.2) is 11.6 Å². The van der Waals surface area contributed by atoms with Crippen molar-refractivity contribution < 1.29 is 14.3 Å². The fourth-order valence-corrected chi connectivity index (χ4v) is 5.03. The summed E-state index contributed by atoms with van der Waals surface area (Å²) in [7, 11) is 0. The lowest BCUT2D eigenvalue weighted by molar-refractivity contribution is 0.0676. The van der Waals surface area contributed by atoms with Crippen molar-refractivity contribution in [2.45, 2.75) is 46.0 Å². The van der Waals surface area contributed by atoms with Crippen LogP contribution < -0.4 is 4.74 Å². The molecule has 0 aromatic heterocycles. The van der Waals surface area contributed by atoms with Crippen molar-refractivity contribution in [3.63, 3.8) is 0 Å². The summed E-state index contributed by atoms with van der Waals surface area (Å²) in [6.45, 7) is 4.97. The molecule has 4 rings (SSSR count). The van der Waals surface area contributed by atoms with Crippen LogP contribution in [0.3, 0.4) is 0 Å². The van der Waals surface area contributed by atoms with Gasteiger partial charge in [-0.3, -0.25) is 9.59 Å². The van der Waals surface area contributed by atoms with E-state index in [0.717, 1.165) is 19.3 Å². The molecular weight excluding hydrogens is 312 g/mol. The van der Waals surface area contributed by atoms with Crippen LogP contribution in [-0.2, 0) is 0 Å². The Morgan fingerprint density at radius 1 is 1.12 bits per heavy atom. The minimum Gasteiger partial charge on any atom is -0.494 e. The highest BCUT2D eigenvalue weighted by atomic mass is 16.5. The number of hydrogen-bond donors (Lipinski definition) is 0. The third-order valence-electron chi connectivity index (χ3n) is 6.30. The van der Waals surface area contributed by atoms with Crippen molar-refractivity contribution in [3.05, 3.63) is 41.5 Å².